The Balaban J connectivity index is 1.64. The van der Waals surface area contributed by atoms with Crippen molar-refractivity contribution in [1.82, 2.24) is 15.1 Å². The number of methoxy groups -OCH3 is 1. The van der Waals surface area contributed by atoms with Crippen molar-refractivity contribution in [2.75, 3.05) is 20.3 Å². The molecule has 1 heterocycles. The molecule has 1 aromatic heterocycles. The van der Waals surface area contributed by atoms with E-state index in [9.17, 15) is 0 Å². The van der Waals surface area contributed by atoms with E-state index in [2.05, 4.69) is 39.4 Å². The molecule has 0 radical (unpaired) electrons. The molecule has 1 aliphatic carbocycles. The van der Waals surface area contributed by atoms with Crippen LogP contribution in [-0.2, 0) is 30.7 Å². The minimum atomic E-state index is 0.735. The van der Waals surface area contributed by atoms with Gasteiger partial charge in [0, 0.05) is 26.4 Å². The smallest absolute Gasteiger partial charge is 0.0663 e. The number of aryl methyl sites for hydroxylation is 2. The molecule has 21 heavy (non-hydrogen) atoms. The summed E-state index contributed by atoms with van der Waals surface area (Å²) in [5.41, 5.74) is 5.61. The summed E-state index contributed by atoms with van der Waals surface area (Å²) in [7, 11) is 1.72. The first-order chi connectivity index (χ1) is 10.4. The number of nitrogens with one attached hydrogen (secondary N) is 1. The molecule has 0 atom stereocenters. The van der Waals surface area contributed by atoms with Gasteiger partial charge in [0.15, 0.2) is 0 Å². The number of nitrogens with zero attached hydrogens (tertiary/aromatic N) is 2. The summed E-state index contributed by atoms with van der Waals surface area (Å²) < 4.78 is 7.12. The van der Waals surface area contributed by atoms with Gasteiger partial charge in [-0.05, 0) is 42.0 Å². The third kappa shape index (κ3) is 3.52. The van der Waals surface area contributed by atoms with Gasteiger partial charge in [0.05, 0.1) is 18.8 Å². The number of rotatable bonds is 7. The van der Waals surface area contributed by atoms with Crippen molar-refractivity contribution >= 4 is 0 Å². The van der Waals surface area contributed by atoms with Gasteiger partial charge in [0.1, 0.15) is 0 Å². The number of aromatic nitrogens is 2. The molecule has 4 heteroatoms. The van der Waals surface area contributed by atoms with Crippen molar-refractivity contribution < 1.29 is 4.74 Å². The number of ether oxygens (including phenoxy) is 1. The lowest BCUT2D eigenvalue weighted by atomic mass is 10.1. The fourth-order valence-electron chi connectivity index (χ4n) is 2.94. The maximum Gasteiger partial charge on any atom is 0.0663 e. The number of fused-ring (bicyclic) bond motifs is 1. The number of hydrogen-bond acceptors (Lipinski definition) is 3. The van der Waals surface area contributed by atoms with E-state index in [1.165, 1.54) is 41.6 Å². The second kappa shape index (κ2) is 6.87. The van der Waals surface area contributed by atoms with Crippen LogP contribution < -0.4 is 5.32 Å². The zero-order valence-electron chi connectivity index (χ0n) is 12.6. The molecule has 0 bridgehead atoms. The minimum absolute atomic E-state index is 0.735. The lowest BCUT2D eigenvalue weighted by molar-refractivity contribution is 0.199. The third-order valence-corrected chi connectivity index (χ3v) is 4.09. The molecule has 112 valence electrons. The van der Waals surface area contributed by atoms with Gasteiger partial charge in [0.25, 0.3) is 0 Å². The monoisotopic (exact) mass is 285 g/mol. The zero-order chi connectivity index (χ0) is 14.5. The Morgan fingerprint density at radius 2 is 2.14 bits per heavy atom. The van der Waals surface area contributed by atoms with Crippen LogP contribution in [0.25, 0.3) is 0 Å². The van der Waals surface area contributed by atoms with Crippen molar-refractivity contribution in [3.05, 3.63) is 52.8 Å². The minimum Gasteiger partial charge on any atom is -0.383 e. The van der Waals surface area contributed by atoms with Gasteiger partial charge >= 0.3 is 0 Å². The van der Waals surface area contributed by atoms with E-state index in [0.29, 0.717) is 0 Å². The Morgan fingerprint density at radius 1 is 1.24 bits per heavy atom. The lowest BCUT2D eigenvalue weighted by Crippen LogP contribution is -2.21. The van der Waals surface area contributed by atoms with Crippen LogP contribution in [0.4, 0.5) is 0 Å². The Hall–Kier alpha value is -1.65. The molecule has 3 rings (SSSR count). The summed E-state index contributed by atoms with van der Waals surface area (Å²) in [6.45, 7) is 3.27. The molecule has 0 unspecified atom stereocenters. The van der Waals surface area contributed by atoms with Gasteiger partial charge in [-0.15, -0.1) is 0 Å². The Bertz CT molecular complexity index is 591. The van der Waals surface area contributed by atoms with Crippen LogP contribution in [-0.4, -0.2) is 30.0 Å². The predicted octanol–water partition coefficient (Wildman–Crippen LogP) is 2.16. The first-order valence-electron chi connectivity index (χ1n) is 7.68. The molecule has 0 fully saturated rings. The molecular formula is C17H23N3O. The average Bonchev–Trinajstić information content (AvgIpc) is 3.12. The second-order valence-electron chi connectivity index (χ2n) is 5.61. The van der Waals surface area contributed by atoms with Crippen LogP contribution in [0.1, 0.15) is 28.8 Å². The Morgan fingerprint density at radius 3 is 3.05 bits per heavy atom. The zero-order valence-corrected chi connectivity index (χ0v) is 12.6. The van der Waals surface area contributed by atoms with Gasteiger partial charge in [-0.3, -0.25) is 4.68 Å². The maximum atomic E-state index is 5.04. The molecule has 2 aromatic rings. The molecule has 4 nitrogen and oxygen atoms in total. The van der Waals surface area contributed by atoms with Crippen LogP contribution in [0, 0.1) is 0 Å². The van der Waals surface area contributed by atoms with Gasteiger partial charge in [-0.2, -0.15) is 5.10 Å². The van der Waals surface area contributed by atoms with E-state index < -0.39 is 0 Å². The summed E-state index contributed by atoms with van der Waals surface area (Å²) in [5, 5.41) is 7.82. The van der Waals surface area contributed by atoms with E-state index in [1.807, 2.05) is 6.20 Å². The third-order valence-electron chi connectivity index (χ3n) is 4.09. The van der Waals surface area contributed by atoms with Crippen LogP contribution in [0.2, 0.25) is 0 Å². The Labute approximate surface area is 126 Å². The summed E-state index contributed by atoms with van der Waals surface area (Å²) in [6.07, 6.45) is 5.65. The van der Waals surface area contributed by atoms with Crippen molar-refractivity contribution in [2.24, 2.45) is 0 Å². The highest BCUT2D eigenvalue weighted by Gasteiger charge is 2.11. The van der Waals surface area contributed by atoms with Gasteiger partial charge in [-0.1, -0.05) is 18.2 Å². The second-order valence-corrected chi connectivity index (χ2v) is 5.61. The van der Waals surface area contributed by atoms with Crippen molar-refractivity contribution in [3.63, 3.8) is 0 Å². The van der Waals surface area contributed by atoms with Crippen molar-refractivity contribution in [2.45, 2.75) is 32.4 Å². The van der Waals surface area contributed by atoms with Gasteiger partial charge in [0.2, 0.25) is 0 Å². The van der Waals surface area contributed by atoms with E-state index in [4.69, 9.17) is 4.74 Å². The average molecular weight is 285 g/mol. The van der Waals surface area contributed by atoms with Crippen molar-refractivity contribution in [1.29, 1.82) is 0 Å². The fourth-order valence-corrected chi connectivity index (χ4v) is 2.94. The largest absolute Gasteiger partial charge is 0.383 e. The van der Waals surface area contributed by atoms with Crippen molar-refractivity contribution in [3.8, 4) is 0 Å². The Kier molecular flexibility index (Phi) is 4.68. The maximum absolute atomic E-state index is 5.04. The number of benzene rings is 1. The van der Waals surface area contributed by atoms with E-state index >= 15 is 0 Å². The van der Waals surface area contributed by atoms with Gasteiger partial charge in [-0.25, -0.2) is 0 Å². The highest BCUT2D eigenvalue weighted by molar-refractivity contribution is 5.35. The first kappa shape index (κ1) is 14.3. The van der Waals surface area contributed by atoms with Crippen LogP contribution in [0.5, 0.6) is 0 Å². The number of hydrogen-bond donors (Lipinski definition) is 1. The standard InChI is InChI=1S/C17H23N3O/c1-21-10-9-18-12-17-7-8-19-20(17)13-14-5-6-15-3-2-4-16(15)11-14/h5-8,11,18H,2-4,9-10,12-13H2,1H3. The molecule has 1 aliphatic rings. The molecule has 0 saturated carbocycles. The molecular weight excluding hydrogens is 262 g/mol. The summed E-state index contributed by atoms with van der Waals surface area (Å²) >= 11 is 0. The van der Waals surface area contributed by atoms with Crippen LogP contribution >= 0.6 is 0 Å². The highest BCUT2D eigenvalue weighted by atomic mass is 16.5. The van der Waals surface area contributed by atoms with E-state index in [-0.39, 0.29) is 0 Å². The van der Waals surface area contributed by atoms with Crippen LogP contribution in [0.15, 0.2) is 30.5 Å². The summed E-state index contributed by atoms with van der Waals surface area (Å²) in [6, 6.07) is 8.96. The fraction of sp³-hybridized carbons (Fsp3) is 0.471. The van der Waals surface area contributed by atoms with Crippen LogP contribution in [0.3, 0.4) is 0 Å². The lowest BCUT2D eigenvalue weighted by Gasteiger charge is -2.10. The quantitative estimate of drug-likeness (QED) is 0.792. The molecule has 0 spiro atoms. The molecule has 0 saturated heterocycles. The summed E-state index contributed by atoms with van der Waals surface area (Å²) in [4.78, 5) is 0. The predicted molar refractivity (Wildman–Crippen MR) is 83.4 cm³/mol. The topological polar surface area (TPSA) is 39.1 Å². The SMILES string of the molecule is COCCNCc1ccnn1Cc1ccc2c(c1)CCC2. The molecule has 0 aliphatic heterocycles. The van der Waals surface area contributed by atoms with E-state index in [0.717, 1.165) is 26.2 Å². The highest BCUT2D eigenvalue weighted by Crippen LogP contribution is 2.23. The molecule has 0 amide bonds. The normalized spacial score (nSPS) is 13.6. The van der Waals surface area contributed by atoms with E-state index in [1.54, 1.807) is 7.11 Å². The first-order valence-corrected chi connectivity index (χ1v) is 7.68. The van der Waals surface area contributed by atoms with Gasteiger partial charge < -0.3 is 10.1 Å². The summed E-state index contributed by atoms with van der Waals surface area (Å²) in [5.74, 6) is 0. The molecule has 1 N–H and O–H groups in total. The molecule has 1 aromatic carbocycles.